The molecule has 1 unspecified atom stereocenters. The molecule has 84 valence electrons. The van der Waals surface area contributed by atoms with Gasteiger partial charge in [0.15, 0.2) is 0 Å². The number of rotatable bonds is 4. The lowest BCUT2D eigenvalue weighted by Gasteiger charge is -2.15. The first kappa shape index (κ1) is 11.4. The Morgan fingerprint density at radius 1 is 1.56 bits per heavy atom. The highest BCUT2D eigenvalue weighted by atomic mass is 79.9. The van der Waals surface area contributed by atoms with Crippen LogP contribution in [0.15, 0.2) is 22.7 Å². The zero-order chi connectivity index (χ0) is 11.5. The molecule has 1 saturated carbocycles. The fourth-order valence-corrected chi connectivity index (χ4v) is 1.99. The van der Waals surface area contributed by atoms with E-state index in [9.17, 15) is 5.26 Å². The van der Waals surface area contributed by atoms with Crippen molar-refractivity contribution >= 4 is 15.9 Å². The van der Waals surface area contributed by atoms with E-state index in [0.717, 1.165) is 28.6 Å². The lowest BCUT2D eigenvalue weighted by Crippen LogP contribution is -2.22. The van der Waals surface area contributed by atoms with Crippen LogP contribution in [0.5, 0.6) is 5.75 Å². The van der Waals surface area contributed by atoms with Crippen molar-refractivity contribution in [1.82, 2.24) is 5.32 Å². The van der Waals surface area contributed by atoms with E-state index in [1.807, 2.05) is 18.2 Å². The van der Waals surface area contributed by atoms with Gasteiger partial charge in [0.2, 0.25) is 0 Å². The van der Waals surface area contributed by atoms with Gasteiger partial charge in [-0.3, -0.25) is 5.32 Å². The molecule has 0 saturated heterocycles. The van der Waals surface area contributed by atoms with Gasteiger partial charge < -0.3 is 4.74 Å². The molecule has 1 aliphatic carbocycles. The third-order valence-corrected chi connectivity index (χ3v) is 3.10. The maximum absolute atomic E-state index is 9.18. The van der Waals surface area contributed by atoms with Crippen molar-refractivity contribution in [2.75, 3.05) is 7.11 Å². The Balaban J connectivity index is 2.27. The smallest absolute Gasteiger partial charge is 0.125 e. The quantitative estimate of drug-likeness (QED) is 0.923. The Hall–Kier alpha value is -1.05. The molecule has 0 spiro atoms. The molecular formula is C12H13BrN2O. The van der Waals surface area contributed by atoms with Gasteiger partial charge >= 0.3 is 0 Å². The maximum Gasteiger partial charge on any atom is 0.125 e. The summed E-state index contributed by atoms with van der Waals surface area (Å²) in [7, 11) is 1.62. The highest BCUT2D eigenvalue weighted by molar-refractivity contribution is 9.10. The molecule has 0 aliphatic heterocycles. The summed E-state index contributed by atoms with van der Waals surface area (Å²) >= 11 is 3.41. The SMILES string of the molecule is COc1ccc(Br)cc1C(C#N)NC1CC1. The number of hydrogen-bond acceptors (Lipinski definition) is 3. The van der Waals surface area contributed by atoms with Gasteiger partial charge in [0, 0.05) is 16.1 Å². The van der Waals surface area contributed by atoms with Crippen LogP contribution < -0.4 is 10.1 Å². The van der Waals surface area contributed by atoms with E-state index in [1.54, 1.807) is 7.11 Å². The number of nitrogens with zero attached hydrogens (tertiary/aromatic N) is 1. The molecule has 2 rings (SSSR count). The zero-order valence-electron chi connectivity index (χ0n) is 9.03. The van der Waals surface area contributed by atoms with Crippen LogP contribution in [0.3, 0.4) is 0 Å². The molecule has 0 aromatic heterocycles. The van der Waals surface area contributed by atoms with Gasteiger partial charge in [-0.05, 0) is 31.0 Å². The largest absolute Gasteiger partial charge is 0.496 e. The van der Waals surface area contributed by atoms with Crippen molar-refractivity contribution in [1.29, 1.82) is 5.26 Å². The predicted molar refractivity (Wildman–Crippen MR) is 65.2 cm³/mol. The van der Waals surface area contributed by atoms with Crippen LogP contribution in [0.4, 0.5) is 0 Å². The molecule has 1 aliphatic rings. The van der Waals surface area contributed by atoms with Crippen molar-refractivity contribution in [2.24, 2.45) is 0 Å². The van der Waals surface area contributed by atoms with Crippen molar-refractivity contribution in [2.45, 2.75) is 24.9 Å². The number of halogens is 1. The monoisotopic (exact) mass is 280 g/mol. The molecule has 1 aromatic carbocycles. The van der Waals surface area contributed by atoms with E-state index >= 15 is 0 Å². The maximum atomic E-state index is 9.18. The molecular weight excluding hydrogens is 268 g/mol. The van der Waals surface area contributed by atoms with E-state index in [0.29, 0.717) is 6.04 Å². The Morgan fingerprint density at radius 3 is 2.88 bits per heavy atom. The molecule has 1 atom stereocenters. The van der Waals surface area contributed by atoms with Crippen molar-refractivity contribution < 1.29 is 4.74 Å². The summed E-state index contributed by atoms with van der Waals surface area (Å²) in [5.41, 5.74) is 0.895. The lowest BCUT2D eigenvalue weighted by molar-refractivity contribution is 0.405. The molecule has 16 heavy (non-hydrogen) atoms. The molecule has 1 fully saturated rings. The van der Waals surface area contributed by atoms with Crippen molar-refractivity contribution in [3.63, 3.8) is 0 Å². The Labute approximate surface area is 104 Å². The Bertz CT molecular complexity index is 424. The molecule has 0 amide bonds. The standard InChI is InChI=1S/C12H13BrN2O/c1-16-12-5-2-8(13)6-10(12)11(7-14)15-9-3-4-9/h2,5-6,9,11,15H,3-4H2,1H3. The molecule has 0 radical (unpaired) electrons. The summed E-state index contributed by atoms with van der Waals surface area (Å²) < 4.78 is 6.23. The van der Waals surface area contributed by atoms with Crippen LogP contribution in [0.2, 0.25) is 0 Å². The minimum Gasteiger partial charge on any atom is -0.496 e. The second kappa shape index (κ2) is 4.86. The Morgan fingerprint density at radius 2 is 2.31 bits per heavy atom. The lowest BCUT2D eigenvalue weighted by atomic mass is 10.1. The minimum absolute atomic E-state index is 0.292. The van der Waals surface area contributed by atoms with Gasteiger partial charge in [-0.2, -0.15) is 5.26 Å². The molecule has 4 heteroatoms. The highest BCUT2D eigenvalue weighted by Gasteiger charge is 2.26. The van der Waals surface area contributed by atoms with E-state index < -0.39 is 0 Å². The van der Waals surface area contributed by atoms with Gasteiger partial charge in [0.05, 0.1) is 13.2 Å². The van der Waals surface area contributed by atoms with Gasteiger partial charge in [-0.25, -0.2) is 0 Å². The molecule has 3 nitrogen and oxygen atoms in total. The van der Waals surface area contributed by atoms with Crippen LogP contribution in [-0.2, 0) is 0 Å². The first-order chi connectivity index (χ1) is 7.74. The van der Waals surface area contributed by atoms with Crippen LogP contribution in [0.1, 0.15) is 24.4 Å². The predicted octanol–water partition coefficient (Wildman–Crippen LogP) is 2.77. The number of methoxy groups -OCH3 is 1. The summed E-state index contributed by atoms with van der Waals surface area (Å²) in [4.78, 5) is 0. The number of nitriles is 1. The second-order valence-electron chi connectivity index (χ2n) is 3.89. The number of benzene rings is 1. The third kappa shape index (κ3) is 2.55. The van der Waals surface area contributed by atoms with Crippen LogP contribution >= 0.6 is 15.9 Å². The average Bonchev–Trinajstić information content (AvgIpc) is 3.09. The van der Waals surface area contributed by atoms with Gasteiger partial charge in [-0.15, -0.1) is 0 Å². The molecule has 0 bridgehead atoms. The number of ether oxygens (including phenoxy) is 1. The molecule has 0 heterocycles. The van der Waals surface area contributed by atoms with E-state index in [2.05, 4.69) is 27.3 Å². The van der Waals surface area contributed by atoms with E-state index in [-0.39, 0.29) is 6.04 Å². The highest BCUT2D eigenvalue weighted by Crippen LogP contribution is 2.31. The van der Waals surface area contributed by atoms with Crippen LogP contribution in [0, 0.1) is 11.3 Å². The summed E-state index contributed by atoms with van der Waals surface area (Å²) in [5.74, 6) is 0.753. The summed E-state index contributed by atoms with van der Waals surface area (Å²) in [6, 6.07) is 8.20. The fraction of sp³-hybridized carbons (Fsp3) is 0.417. The zero-order valence-corrected chi connectivity index (χ0v) is 10.6. The van der Waals surface area contributed by atoms with Crippen LogP contribution in [-0.4, -0.2) is 13.2 Å². The Kier molecular flexibility index (Phi) is 3.47. The number of nitrogens with one attached hydrogen (secondary N) is 1. The first-order valence-corrected chi connectivity index (χ1v) is 6.03. The third-order valence-electron chi connectivity index (χ3n) is 2.61. The summed E-state index contributed by atoms with van der Waals surface area (Å²) in [6.45, 7) is 0. The fourth-order valence-electron chi connectivity index (χ4n) is 1.61. The topological polar surface area (TPSA) is 45.0 Å². The first-order valence-electron chi connectivity index (χ1n) is 5.23. The van der Waals surface area contributed by atoms with Gasteiger partial charge in [0.25, 0.3) is 0 Å². The summed E-state index contributed by atoms with van der Waals surface area (Å²) in [6.07, 6.45) is 2.32. The molecule has 1 aromatic rings. The second-order valence-corrected chi connectivity index (χ2v) is 4.81. The van der Waals surface area contributed by atoms with E-state index in [1.165, 1.54) is 0 Å². The van der Waals surface area contributed by atoms with Crippen molar-refractivity contribution in [3.05, 3.63) is 28.2 Å². The van der Waals surface area contributed by atoms with Crippen LogP contribution in [0.25, 0.3) is 0 Å². The average molecular weight is 281 g/mol. The number of hydrogen-bond donors (Lipinski definition) is 1. The summed E-state index contributed by atoms with van der Waals surface area (Å²) in [5, 5.41) is 12.5. The van der Waals surface area contributed by atoms with E-state index in [4.69, 9.17) is 4.74 Å². The van der Waals surface area contributed by atoms with Gasteiger partial charge in [-0.1, -0.05) is 15.9 Å². The van der Waals surface area contributed by atoms with Gasteiger partial charge in [0.1, 0.15) is 11.8 Å². The normalized spacial score (nSPS) is 16.6. The van der Waals surface area contributed by atoms with Crippen molar-refractivity contribution in [3.8, 4) is 11.8 Å². The molecule has 1 N–H and O–H groups in total. The minimum atomic E-state index is -0.292.